The highest BCUT2D eigenvalue weighted by molar-refractivity contribution is 9.10. The highest BCUT2D eigenvalue weighted by atomic mass is 79.9. The fourth-order valence-corrected chi connectivity index (χ4v) is 2.86. The lowest BCUT2D eigenvalue weighted by atomic mass is 10.0. The number of methoxy groups -OCH3 is 1. The summed E-state index contributed by atoms with van der Waals surface area (Å²) in [6, 6.07) is 15.0. The van der Waals surface area contributed by atoms with E-state index >= 15 is 0 Å². The fourth-order valence-electron chi connectivity index (χ4n) is 2.27. The van der Waals surface area contributed by atoms with Crippen LogP contribution in [-0.4, -0.2) is 7.11 Å². The van der Waals surface area contributed by atoms with Gasteiger partial charge in [0.25, 0.3) is 0 Å². The summed E-state index contributed by atoms with van der Waals surface area (Å²) in [6.45, 7) is 5.18. The predicted molar refractivity (Wildman–Crippen MR) is 87.1 cm³/mol. The molecule has 2 aromatic carbocycles. The van der Waals surface area contributed by atoms with Crippen LogP contribution in [0.4, 0.5) is 0 Å². The van der Waals surface area contributed by atoms with Gasteiger partial charge in [-0.1, -0.05) is 30.3 Å². The molecule has 0 unspecified atom stereocenters. The Kier molecular flexibility index (Phi) is 5.21. The summed E-state index contributed by atoms with van der Waals surface area (Å²) in [6.07, 6.45) is 0. The van der Waals surface area contributed by atoms with Crippen molar-refractivity contribution in [1.29, 1.82) is 0 Å². The Balaban J connectivity index is 2.02. The number of ether oxygens (including phenoxy) is 1. The lowest BCUT2D eigenvalue weighted by Gasteiger charge is -2.17. The molecule has 0 fully saturated rings. The van der Waals surface area contributed by atoms with Gasteiger partial charge in [-0.3, -0.25) is 0 Å². The molecule has 2 rings (SSSR count). The lowest BCUT2D eigenvalue weighted by Crippen LogP contribution is -2.18. The van der Waals surface area contributed by atoms with Crippen LogP contribution in [0.2, 0.25) is 0 Å². The van der Waals surface area contributed by atoms with E-state index in [2.05, 4.69) is 71.5 Å². The van der Waals surface area contributed by atoms with Crippen molar-refractivity contribution in [3.63, 3.8) is 0 Å². The zero-order valence-electron chi connectivity index (χ0n) is 12.1. The Hall–Kier alpha value is -1.32. The predicted octanol–water partition coefficient (Wildman–Crippen LogP) is 4.62. The molecule has 0 aromatic heterocycles. The molecule has 2 nitrogen and oxygen atoms in total. The maximum atomic E-state index is 5.24. The van der Waals surface area contributed by atoms with Crippen LogP contribution in [0.5, 0.6) is 5.75 Å². The maximum absolute atomic E-state index is 5.24. The Morgan fingerprint density at radius 1 is 1.20 bits per heavy atom. The summed E-state index contributed by atoms with van der Waals surface area (Å²) in [5.74, 6) is 0.862. The van der Waals surface area contributed by atoms with E-state index in [1.165, 1.54) is 16.7 Å². The van der Waals surface area contributed by atoms with Crippen molar-refractivity contribution < 1.29 is 4.74 Å². The highest BCUT2D eigenvalue weighted by Gasteiger charge is 2.08. The summed E-state index contributed by atoms with van der Waals surface area (Å²) >= 11 is 3.52. The van der Waals surface area contributed by atoms with Crippen LogP contribution in [0.3, 0.4) is 0 Å². The van der Waals surface area contributed by atoms with Gasteiger partial charge in [-0.15, -0.1) is 0 Å². The Morgan fingerprint density at radius 3 is 2.60 bits per heavy atom. The number of aryl methyl sites for hydroxylation is 1. The molecule has 0 heterocycles. The molecule has 1 atom stereocenters. The SMILES string of the molecule is COc1ccc(CN[C@H](C)c2ccccc2C)cc1Br. The number of halogens is 1. The van der Waals surface area contributed by atoms with Crippen molar-refractivity contribution in [3.8, 4) is 5.75 Å². The molecule has 0 amide bonds. The standard InChI is InChI=1S/C17H20BrNO/c1-12-6-4-5-7-15(12)13(2)19-11-14-8-9-17(20-3)16(18)10-14/h4-10,13,19H,11H2,1-3H3/t13-/m1/s1. The summed E-state index contributed by atoms with van der Waals surface area (Å²) in [7, 11) is 1.68. The van der Waals surface area contributed by atoms with Crippen molar-refractivity contribution in [1.82, 2.24) is 5.32 Å². The number of hydrogen-bond acceptors (Lipinski definition) is 2. The fraction of sp³-hybridized carbons (Fsp3) is 0.294. The van der Waals surface area contributed by atoms with Crippen LogP contribution < -0.4 is 10.1 Å². The summed E-state index contributed by atoms with van der Waals surface area (Å²) in [4.78, 5) is 0. The number of hydrogen-bond donors (Lipinski definition) is 1. The van der Waals surface area contributed by atoms with E-state index < -0.39 is 0 Å². The van der Waals surface area contributed by atoms with Gasteiger partial charge in [0.15, 0.2) is 0 Å². The highest BCUT2D eigenvalue weighted by Crippen LogP contribution is 2.26. The van der Waals surface area contributed by atoms with Crippen LogP contribution in [-0.2, 0) is 6.54 Å². The number of benzene rings is 2. The maximum Gasteiger partial charge on any atom is 0.133 e. The Morgan fingerprint density at radius 2 is 1.95 bits per heavy atom. The quantitative estimate of drug-likeness (QED) is 0.862. The van der Waals surface area contributed by atoms with Gasteiger partial charge in [0.1, 0.15) is 5.75 Å². The van der Waals surface area contributed by atoms with E-state index in [0.717, 1.165) is 16.8 Å². The second-order valence-corrected chi connectivity index (χ2v) is 5.78. The largest absolute Gasteiger partial charge is 0.496 e. The third-order valence-corrected chi connectivity index (χ3v) is 4.10. The van der Waals surface area contributed by atoms with Crippen LogP contribution in [0, 0.1) is 6.92 Å². The van der Waals surface area contributed by atoms with Crippen molar-refractivity contribution >= 4 is 15.9 Å². The number of rotatable bonds is 5. The molecule has 0 aliphatic heterocycles. The third-order valence-electron chi connectivity index (χ3n) is 3.48. The average molecular weight is 334 g/mol. The second kappa shape index (κ2) is 6.91. The normalized spacial score (nSPS) is 12.2. The van der Waals surface area contributed by atoms with E-state index in [1.54, 1.807) is 7.11 Å². The van der Waals surface area contributed by atoms with E-state index in [1.807, 2.05) is 6.07 Å². The molecule has 3 heteroatoms. The van der Waals surface area contributed by atoms with Gasteiger partial charge in [0, 0.05) is 12.6 Å². The first kappa shape index (κ1) is 15.1. The first-order chi connectivity index (χ1) is 9.61. The monoisotopic (exact) mass is 333 g/mol. The van der Waals surface area contributed by atoms with Crippen molar-refractivity contribution in [2.75, 3.05) is 7.11 Å². The zero-order valence-corrected chi connectivity index (χ0v) is 13.7. The Labute approximate surface area is 129 Å². The molecule has 1 N–H and O–H groups in total. The van der Waals surface area contributed by atoms with Crippen LogP contribution >= 0.6 is 15.9 Å². The van der Waals surface area contributed by atoms with Crippen molar-refractivity contribution in [2.24, 2.45) is 0 Å². The molecule has 20 heavy (non-hydrogen) atoms. The summed E-state index contributed by atoms with van der Waals surface area (Å²) in [5.41, 5.74) is 3.90. The minimum absolute atomic E-state index is 0.331. The third kappa shape index (κ3) is 3.62. The molecule has 0 aliphatic carbocycles. The summed E-state index contributed by atoms with van der Waals surface area (Å²) in [5, 5.41) is 3.56. The van der Waals surface area contributed by atoms with Crippen molar-refractivity contribution in [2.45, 2.75) is 26.4 Å². The average Bonchev–Trinajstić information content (AvgIpc) is 2.45. The molecule has 0 spiro atoms. The van der Waals surface area contributed by atoms with Crippen LogP contribution in [0.1, 0.15) is 29.7 Å². The molecule has 106 valence electrons. The van der Waals surface area contributed by atoms with Crippen molar-refractivity contribution in [3.05, 3.63) is 63.6 Å². The van der Waals surface area contributed by atoms with Gasteiger partial charge in [0.05, 0.1) is 11.6 Å². The lowest BCUT2D eigenvalue weighted by molar-refractivity contribution is 0.412. The molecule has 0 bridgehead atoms. The molecule has 2 aromatic rings. The molecule has 0 radical (unpaired) electrons. The smallest absolute Gasteiger partial charge is 0.133 e. The molecule has 0 saturated carbocycles. The van der Waals surface area contributed by atoms with Gasteiger partial charge >= 0.3 is 0 Å². The summed E-state index contributed by atoms with van der Waals surface area (Å²) < 4.78 is 6.23. The second-order valence-electron chi connectivity index (χ2n) is 4.93. The van der Waals surface area contributed by atoms with Gasteiger partial charge < -0.3 is 10.1 Å². The zero-order chi connectivity index (χ0) is 14.5. The minimum atomic E-state index is 0.331. The molecular formula is C17H20BrNO. The van der Waals surface area contributed by atoms with Crippen LogP contribution in [0.25, 0.3) is 0 Å². The van der Waals surface area contributed by atoms with E-state index in [9.17, 15) is 0 Å². The van der Waals surface area contributed by atoms with Crippen LogP contribution in [0.15, 0.2) is 46.9 Å². The van der Waals surface area contributed by atoms with Gasteiger partial charge in [0.2, 0.25) is 0 Å². The first-order valence-corrected chi connectivity index (χ1v) is 7.52. The Bertz CT molecular complexity index is 583. The van der Waals surface area contributed by atoms with E-state index in [-0.39, 0.29) is 0 Å². The topological polar surface area (TPSA) is 21.3 Å². The van der Waals surface area contributed by atoms with E-state index in [4.69, 9.17) is 4.74 Å². The van der Waals surface area contributed by atoms with Gasteiger partial charge in [-0.2, -0.15) is 0 Å². The first-order valence-electron chi connectivity index (χ1n) is 6.73. The molecule has 0 aliphatic rings. The minimum Gasteiger partial charge on any atom is -0.496 e. The number of nitrogens with one attached hydrogen (secondary N) is 1. The molecule has 0 saturated heterocycles. The molecular weight excluding hydrogens is 314 g/mol. The van der Waals surface area contributed by atoms with Gasteiger partial charge in [-0.05, 0) is 58.6 Å². The van der Waals surface area contributed by atoms with Gasteiger partial charge in [-0.25, -0.2) is 0 Å². The van der Waals surface area contributed by atoms with E-state index in [0.29, 0.717) is 6.04 Å².